The zero-order valence-electron chi connectivity index (χ0n) is 13.0. The summed E-state index contributed by atoms with van der Waals surface area (Å²) < 4.78 is 1.87. The second-order valence-corrected chi connectivity index (χ2v) is 6.83. The summed E-state index contributed by atoms with van der Waals surface area (Å²) in [7, 11) is 0. The number of carboxylic acid groups (broad SMARTS) is 1. The number of hydrogen-bond donors (Lipinski definition) is 1. The number of nitrogens with zero attached hydrogens (tertiary/aromatic N) is 2. The fourth-order valence-electron chi connectivity index (χ4n) is 2.62. The molecule has 3 aromatic rings. The van der Waals surface area contributed by atoms with E-state index >= 15 is 0 Å². The van der Waals surface area contributed by atoms with Crippen molar-refractivity contribution in [3.8, 4) is 5.69 Å². The summed E-state index contributed by atoms with van der Waals surface area (Å²) in [5.74, 6) is -0.631. The van der Waals surface area contributed by atoms with E-state index in [2.05, 4.69) is 13.8 Å². The largest absolute Gasteiger partial charge is 0.477 e. The number of fused-ring (bicyclic) bond motifs is 1. The molecule has 0 unspecified atom stereocenters. The van der Waals surface area contributed by atoms with Gasteiger partial charge < -0.3 is 5.11 Å². The summed E-state index contributed by atoms with van der Waals surface area (Å²) in [5.41, 5.74) is 3.91. The van der Waals surface area contributed by atoms with Crippen molar-refractivity contribution in [1.82, 2.24) is 9.78 Å². The smallest absolute Gasteiger partial charge is 0.346 e. The molecule has 2 heterocycles. The van der Waals surface area contributed by atoms with E-state index in [1.807, 2.05) is 42.8 Å². The SMILES string of the molecule is Cc1ccc(-n2nc(C(C)C)c3c(C)c(C(=O)O)sc32)cc1. The van der Waals surface area contributed by atoms with Gasteiger partial charge in [-0.1, -0.05) is 31.5 Å². The normalized spacial score (nSPS) is 11.5. The molecule has 0 saturated heterocycles. The van der Waals surface area contributed by atoms with E-state index in [4.69, 9.17) is 5.10 Å². The van der Waals surface area contributed by atoms with Crippen LogP contribution in [-0.2, 0) is 0 Å². The van der Waals surface area contributed by atoms with Crippen LogP contribution in [0.1, 0.15) is 46.3 Å². The molecule has 0 amide bonds. The van der Waals surface area contributed by atoms with Crippen LogP contribution < -0.4 is 0 Å². The summed E-state index contributed by atoms with van der Waals surface area (Å²) in [6, 6.07) is 8.11. The molecule has 0 bridgehead atoms. The van der Waals surface area contributed by atoms with Crippen LogP contribution >= 0.6 is 11.3 Å². The van der Waals surface area contributed by atoms with Crippen LogP contribution in [0.4, 0.5) is 0 Å². The molecule has 5 heteroatoms. The highest BCUT2D eigenvalue weighted by Gasteiger charge is 2.23. The molecule has 0 aliphatic heterocycles. The van der Waals surface area contributed by atoms with E-state index in [-0.39, 0.29) is 5.92 Å². The number of aromatic nitrogens is 2. The van der Waals surface area contributed by atoms with Gasteiger partial charge in [0.25, 0.3) is 0 Å². The molecule has 1 N–H and O–H groups in total. The van der Waals surface area contributed by atoms with Crippen LogP contribution in [0.5, 0.6) is 0 Å². The Morgan fingerprint density at radius 3 is 2.41 bits per heavy atom. The first-order valence-corrected chi connectivity index (χ1v) is 8.04. The lowest BCUT2D eigenvalue weighted by atomic mass is 10.1. The van der Waals surface area contributed by atoms with Gasteiger partial charge in [0.1, 0.15) is 9.71 Å². The molecule has 1 aromatic carbocycles. The van der Waals surface area contributed by atoms with E-state index in [9.17, 15) is 9.90 Å². The third kappa shape index (κ3) is 2.22. The van der Waals surface area contributed by atoms with Gasteiger partial charge in [0.15, 0.2) is 0 Å². The Morgan fingerprint density at radius 1 is 1.23 bits per heavy atom. The first-order chi connectivity index (χ1) is 10.4. The van der Waals surface area contributed by atoms with Crippen molar-refractivity contribution in [1.29, 1.82) is 0 Å². The summed E-state index contributed by atoms with van der Waals surface area (Å²) in [6.07, 6.45) is 0. The van der Waals surface area contributed by atoms with Crippen LogP contribution in [0.3, 0.4) is 0 Å². The lowest BCUT2D eigenvalue weighted by Crippen LogP contribution is -1.99. The van der Waals surface area contributed by atoms with Crippen LogP contribution in [0.2, 0.25) is 0 Å². The van der Waals surface area contributed by atoms with Crippen molar-refractivity contribution in [2.75, 3.05) is 0 Å². The van der Waals surface area contributed by atoms with E-state index in [0.29, 0.717) is 4.88 Å². The Kier molecular flexibility index (Phi) is 3.53. The Labute approximate surface area is 133 Å². The molecule has 0 aliphatic carbocycles. The predicted octanol–water partition coefficient (Wildman–Crippen LogP) is 4.53. The van der Waals surface area contributed by atoms with Crippen LogP contribution in [0.25, 0.3) is 15.9 Å². The highest BCUT2D eigenvalue weighted by Crippen LogP contribution is 2.37. The van der Waals surface area contributed by atoms with Gasteiger partial charge in [-0.3, -0.25) is 0 Å². The molecule has 0 saturated carbocycles. The average molecular weight is 314 g/mol. The maximum atomic E-state index is 11.4. The Bertz CT molecular complexity index is 857. The van der Waals surface area contributed by atoms with Gasteiger partial charge in [0, 0.05) is 5.39 Å². The van der Waals surface area contributed by atoms with Gasteiger partial charge in [-0.15, -0.1) is 11.3 Å². The molecule has 3 rings (SSSR count). The zero-order chi connectivity index (χ0) is 16.0. The van der Waals surface area contributed by atoms with Crippen LogP contribution in [0.15, 0.2) is 24.3 Å². The number of benzene rings is 1. The maximum Gasteiger partial charge on any atom is 0.346 e. The van der Waals surface area contributed by atoms with Crippen molar-refractivity contribution in [2.24, 2.45) is 0 Å². The van der Waals surface area contributed by atoms with Crippen molar-refractivity contribution in [3.63, 3.8) is 0 Å². The van der Waals surface area contributed by atoms with Gasteiger partial charge >= 0.3 is 5.97 Å². The monoisotopic (exact) mass is 314 g/mol. The number of rotatable bonds is 3. The number of carboxylic acids is 1. The Hall–Kier alpha value is -2.14. The molecule has 0 atom stereocenters. The molecule has 22 heavy (non-hydrogen) atoms. The highest BCUT2D eigenvalue weighted by molar-refractivity contribution is 7.20. The van der Waals surface area contributed by atoms with Crippen molar-refractivity contribution in [2.45, 2.75) is 33.6 Å². The minimum Gasteiger partial charge on any atom is -0.477 e. The van der Waals surface area contributed by atoms with Gasteiger partial charge in [-0.2, -0.15) is 5.10 Å². The quantitative estimate of drug-likeness (QED) is 0.773. The second-order valence-electron chi connectivity index (χ2n) is 5.83. The third-order valence-corrected chi connectivity index (χ3v) is 5.06. The molecule has 2 aromatic heterocycles. The van der Waals surface area contributed by atoms with Gasteiger partial charge in [-0.05, 0) is 37.5 Å². The molecule has 0 fully saturated rings. The summed E-state index contributed by atoms with van der Waals surface area (Å²) >= 11 is 1.30. The summed E-state index contributed by atoms with van der Waals surface area (Å²) in [4.78, 5) is 12.7. The average Bonchev–Trinajstić information content (AvgIpc) is 2.98. The van der Waals surface area contributed by atoms with Crippen molar-refractivity contribution >= 4 is 27.5 Å². The van der Waals surface area contributed by atoms with Gasteiger partial charge in [0.05, 0.1) is 11.4 Å². The zero-order valence-corrected chi connectivity index (χ0v) is 13.9. The highest BCUT2D eigenvalue weighted by atomic mass is 32.1. The first kappa shape index (κ1) is 14.8. The predicted molar refractivity (Wildman–Crippen MR) is 89.5 cm³/mol. The third-order valence-electron chi connectivity index (χ3n) is 3.80. The number of thiophene rings is 1. The van der Waals surface area contributed by atoms with Gasteiger partial charge in [0.2, 0.25) is 0 Å². The number of hydrogen-bond acceptors (Lipinski definition) is 3. The molecular weight excluding hydrogens is 296 g/mol. The van der Waals surface area contributed by atoms with Crippen molar-refractivity contribution < 1.29 is 9.90 Å². The van der Waals surface area contributed by atoms with E-state index in [1.54, 1.807) is 0 Å². The van der Waals surface area contributed by atoms with Gasteiger partial charge in [-0.25, -0.2) is 9.48 Å². The number of aryl methyl sites for hydroxylation is 2. The molecule has 0 spiro atoms. The lowest BCUT2D eigenvalue weighted by molar-refractivity contribution is 0.0701. The minimum absolute atomic E-state index is 0.240. The molecule has 114 valence electrons. The topological polar surface area (TPSA) is 55.1 Å². The van der Waals surface area contributed by atoms with Crippen LogP contribution in [-0.4, -0.2) is 20.9 Å². The fraction of sp³-hybridized carbons (Fsp3) is 0.294. The van der Waals surface area contributed by atoms with Crippen LogP contribution in [0, 0.1) is 13.8 Å². The van der Waals surface area contributed by atoms with E-state index in [0.717, 1.165) is 27.2 Å². The summed E-state index contributed by atoms with van der Waals surface area (Å²) in [5, 5.41) is 15.1. The molecule has 0 radical (unpaired) electrons. The van der Waals surface area contributed by atoms with E-state index in [1.165, 1.54) is 16.9 Å². The number of carbonyl (C=O) groups is 1. The first-order valence-electron chi connectivity index (χ1n) is 7.22. The van der Waals surface area contributed by atoms with Crippen molar-refractivity contribution in [3.05, 3.63) is 46.0 Å². The lowest BCUT2D eigenvalue weighted by Gasteiger charge is -2.04. The number of aromatic carboxylic acids is 1. The Morgan fingerprint density at radius 2 is 1.86 bits per heavy atom. The molecule has 0 aliphatic rings. The molecular formula is C17H18N2O2S. The minimum atomic E-state index is -0.871. The summed E-state index contributed by atoms with van der Waals surface area (Å²) in [6.45, 7) is 8.08. The maximum absolute atomic E-state index is 11.4. The van der Waals surface area contributed by atoms with E-state index < -0.39 is 5.97 Å². The second kappa shape index (κ2) is 5.25. The fourth-order valence-corrected chi connectivity index (χ4v) is 3.75. The Balaban J connectivity index is 2.33. The standard InChI is InChI=1S/C17H18N2O2S/c1-9(2)14-13-11(4)15(17(20)21)22-16(13)19(18-14)12-7-5-10(3)6-8-12/h5-9H,1-4H3,(H,20,21). The molecule has 4 nitrogen and oxygen atoms in total.